The van der Waals surface area contributed by atoms with Gasteiger partial charge in [0.05, 0.1) is 10.5 Å². The second-order valence-electron chi connectivity index (χ2n) is 5.36. The molecule has 0 saturated carbocycles. The van der Waals surface area contributed by atoms with Crippen molar-refractivity contribution >= 4 is 28.4 Å². The van der Waals surface area contributed by atoms with Gasteiger partial charge in [-0.15, -0.1) is 0 Å². The second kappa shape index (κ2) is 5.11. The first-order chi connectivity index (χ1) is 9.58. The summed E-state index contributed by atoms with van der Waals surface area (Å²) in [6.07, 6.45) is 0. The molecule has 2 aromatic rings. The number of fused-ring (bicyclic) bond motifs is 1. The van der Waals surface area contributed by atoms with Crippen LogP contribution in [0.25, 0.3) is 10.9 Å². The Hall–Kier alpha value is -1.52. The number of hydrogen-bond donors (Lipinski definition) is 0. The summed E-state index contributed by atoms with van der Waals surface area (Å²) in [5, 5.41) is 1.69. The van der Waals surface area contributed by atoms with Crippen molar-refractivity contribution in [2.75, 3.05) is 33.2 Å². The van der Waals surface area contributed by atoms with Gasteiger partial charge in [0.1, 0.15) is 5.69 Å². The van der Waals surface area contributed by atoms with Gasteiger partial charge >= 0.3 is 0 Å². The summed E-state index contributed by atoms with van der Waals surface area (Å²) in [5.74, 6) is 0.0906. The van der Waals surface area contributed by atoms with Gasteiger partial charge in [-0.05, 0) is 19.2 Å². The van der Waals surface area contributed by atoms with Crippen LogP contribution in [0.3, 0.4) is 0 Å². The van der Waals surface area contributed by atoms with Gasteiger partial charge in [-0.25, -0.2) is 0 Å². The Bertz CT molecular complexity index is 656. The van der Waals surface area contributed by atoms with Crippen molar-refractivity contribution in [1.82, 2.24) is 14.4 Å². The van der Waals surface area contributed by atoms with Crippen LogP contribution in [0.15, 0.2) is 24.3 Å². The van der Waals surface area contributed by atoms with Crippen molar-refractivity contribution in [1.29, 1.82) is 0 Å². The summed E-state index contributed by atoms with van der Waals surface area (Å²) in [6, 6.07) is 7.69. The first kappa shape index (κ1) is 13.5. The van der Waals surface area contributed by atoms with E-state index in [-0.39, 0.29) is 5.91 Å². The summed E-state index contributed by atoms with van der Waals surface area (Å²) in [7, 11) is 3.98. The first-order valence-electron chi connectivity index (χ1n) is 6.79. The molecule has 0 N–H and O–H groups in total. The minimum absolute atomic E-state index is 0.0906. The molecule has 106 valence electrons. The molecule has 3 rings (SSSR count). The Morgan fingerprint density at radius 2 is 1.85 bits per heavy atom. The van der Waals surface area contributed by atoms with Gasteiger partial charge in [-0.3, -0.25) is 4.79 Å². The Morgan fingerprint density at radius 3 is 2.50 bits per heavy atom. The number of hydrogen-bond acceptors (Lipinski definition) is 2. The molecule has 4 nitrogen and oxygen atoms in total. The molecule has 2 heterocycles. The number of para-hydroxylation sites is 1. The molecule has 1 aliphatic heterocycles. The van der Waals surface area contributed by atoms with E-state index in [1.807, 2.05) is 40.8 Å². The Balaban J connectivity index is 1.96. The predicted molar refractivity (Wildman–Crippen MR) is 81.3 cm³/mol. The first-order valence-corrected chi connectivity index (χ1v) is 7.17. The maximum atomic E-state index is 12.7. The van der Waals surface area contributed by atoms with Crippen LogP contribution in [-0.2, 0) is 7.05 Å². The highest BCUT2D eigenvalue weighted by molar-refractivity contribution is 6.35. The van der Waals surface area contributed by atoms with E-state index in [0.717, 1.165) is 37.1 Å². The fourth-order valence-electron chi connectivity index (χ4n) is 2.74. The zero-order valence-electron chi connectivity index (χ0n) is 11.8. The molecule has 0 radical (unpaired) electrons. The highest BCUT2D eigenvalue weighted by Gasteiger charge is 2.23. The quantitative estimate of drug-likeness (QED) is 0.806. The van der Waals surface area contributed by atoms with E-state index < -0.39 is 0 Å². The lowest BCUT2D eigenvalue weighted by Gasteiger charge is -2.32. The third kappa shape index (κ3) is 2.19. The molecule has 1 aliphatic rings. The molecular formula is C15H18ClN3O. The van der Waals surface area contributed by atoms with Gasteiger partial charge < -0.3 is 14.4 Å². The van der Waals surface area contributed by atoms with Gasteiger partial charge in [0, 0.05) is 38.6 Å². The highest BCUT2D eigenvalue weighted by atomic mass is 35.5. The van der Waals surface area contributed by atoms with E-state index in [1.165, 1.54) is 0 Å². The Kier molecular flexibility index (Phi) is 3.44. The summed E-state index contributed by atoms with van der Waals surface area (Å²) in [6.45, 7) is 3.42. The summed E-state index contributed by atoms with van der Waals surface area (Å²) in [4.78, 5) is 16.8. The van der Waals surface area contributed by atoms with Crippen LogP contribution in [0, 0.1) is 0 Å². The van der Waals surface area contributed by atoms with Gasteiger partial charge in [-0.2, -0.15) is 0 Å². The SMILES string of the molecule is CN1CCN(C(=O)c2cc3cccc(Cl)c3n2C)CC1. The third-order valence-electron chi connectivity index (χ3n) is 4.02. The maximum Gasteiger partial charge on any atom is 0.270 e. The number of benzene rings is 1. The van der Waals surface area contributed by atoms with Gasteiger partial charge in [-0.1, -0.05) is 23.7 Å². The van der Waals surface area contributed by atoms with Crippen molar-refractivity contribution in [3.8, 4) is 0 Å². The lowest BCUT2D eigenvalue weighted by Crippen LogP contribution is -2.47. The predicted octanol–water partition coefficient (Wildman–Crippen LogP) is 2.22. The minimum atomic E-state index is 0.0906. The molecule has 0 unspecified atom stereocenters. The average molecular weight is 292 g/mol. The normalized spacial score (nSPS) is 16.9. The van der Waals surface area contributed by atoms with E-state index in [1.54, 1.807) is 0 Å². The van der Waals surface area contributed by atoms with Crippen LogP contribution in [0.2, 0.25) is 5.02 Å². The van der Waals surface area contributed by atoms with E-state index in [2.05, 4.69) is 11.9 Å². The molecule has 20 heavy (non-hydrogen) atoms. The number of carbonyl (C=O) groups excluding carboxylic acids is 1. The van der Waals surface area contributed by atoms with Crippen LogP contribution >= 0.6 is 11.6 Å². The molecule has 1 amide bonds. The highest BCUT2D eigenvalue weighted by Crippen LogP contribution is 2.26. The molecule has 0 atom stereocenters. The lowest BCUT2D eigenvalue weighted by atomic mass is 10.2. The molecule has 5 heteroatoms. The number of carbonyl (C=O) groups is 1. The number of piperazine rings is 1. The third-order valence-corrected chi connectivity index (χ3v) is 4.32. The Morgan fingerprint density at radius 1 is 1.15 bits per heavy atom. The summed E-state index contributed by atoms with van der Waals surface area (Å²) in [5.41, 5.74) is 1.63. The average Bonchev–Trinajstić information content (AvgIpc) is 2.77. The topological polar surface area (TPSA) is 28.5 Å². The summed E-state index contributed by atoms with van der Waals surface area (Å²) < 4.78 is 1.90. The number of rotatable bonds is 1. The zero-order valence-corrected chi connectivity index (χ0v) is 12.5. The van der Waals surface area contributed by atoms with Crippen LogP contribution < -0.4 is 0 Å². The molecule has 1 aromatic heterocycles. The van der Waals surface area contributed by atoms with Crippen molar-refractivity contribution in [3.63, 3.8) is 0 Å². The standard InChI is InChI=1S/C15H18ClN3O/c1-17-6-8-19(9-7-17)15(20)13-10-11-4-3-5-12(16)14(11)18(13)2/h3-5,10H,6-9H2,1-2H3. The van der Waals surface area contributed by atoms with Crippen LogP contribution in [0.1, 0.15) is 10.5 Å². The number of aromatic nitrogens is 1. The van der Waals surface area contributed by atoms with E-state index in [4.69, 9.17) is 11.6 Å². The molecular weight excluding hydrogens is 274 g/mol. The molecule has 0 aliphatic carbocycles. The summed E-state index contributed by atoms with van der Waals surface area (Å²) >= 11 is 6.23. The van der Waals surface area contributed by atoms with Crippen molar-refractivity contribution in [2.45, 2.75) is 0 Å². The lowest BCUT2D eigenvalue weighted by molar-refractivity contribution is 0.0655. The smallest absolute Gasteiger partial charge is 0.270 e. The van der Waals surface area contributed by atoms with Gasteiger partial charge in [0.2, 0.25) is 0 Å². The molecule has 1 fully saturated rings. The molecule has 1 aromatic carbocycles. The Labute approximate surface area is 123 Å². The van der Waals surface area contributed by atoms with Gasteiger partial charge in [0.25, 0.3) is 5.91 Å². The molecule has 0 spiro atoms. The number of aryl methyl sites for hydroxylation is 1. The number of likely N-dealkylation sites (N-methyl/N-ethyl adjacent to an activating group) is 1. The van der Waals surface area contributed by atoms with Crippen molar-refractivity contribution in [3.05, 3.63) is 35.0 Å². The maximum absolute atomic E-state index is 12.7. The van der Waals surface area contributed by atoms with E-state index in [0.29, 0.717) is 10.7 Å². The molecule has 0 bridgehead atoms. The zero-order chi connectivity index (χ0) is 14.3. The fraction of sp³-hybridized carbons (Fsp3) is 0.400. The van der Waals surface area contributed by atoms with Crippen LogP contribution in [0.4, 0.5) is 0 Å². The van der Waals surface area contributed by atoms with Gasteiger partial charge in [0.15, 0.2) is 0 Å². The second-order valence-corrected chi connectivity index (χ2v) is 5.77. The van der Waals surface area contributed by atoms with Crippen molar-refractivity contribution in [2.24, 2.45) is 7.05 Å². The van der Waals surface area contributed by atoms with Crippen LogP contribution in [-0.4, -0.2) is 53.5 Å². The van der Waals surface area contributed by atoms with E-state index >= 15 is 0 Å². The fourth-order valence-corrected chi connectivity index (χ4v) is 3.05. The number of halogens is 1. The largest absolute Gasteiger partial charge is 0.338 e. The van der Waals surface area contributed by atoms with Crippen molar-refractivity contribution < 1.29 is 4.79 Å². The van der Waals surface area contributed by atoms with E-state index in [9.17, 15) is 4.79 Å². The number of nitrogens with zero attached hydrogens (tertiary/aromatic N) is 3. The van der Waals surface area contributed by atoms with Crippen LogP contribution in [0.5, 0.6) is 0 Å². The molecule has 1 saturated heterocycles. The monoisotopic (exact) mass is 291 g/mol. The number of amides is 1. The minimum Gasteiger partial charge on any atom is -0.338 e.